The molecule has 9 heavy (non-hydrogen) atoms. The summed E-state index contributed by atoms with van der Waals surface area (Å²) in [7, 11) is 0. The number of hydrogen-bond donors (Lipinski definition) is 1. The van der Waals surface area contributed by atoms with E-state index in [0.29, 0.717) is 0 Å². The van der Waals surface area contributed by atoms with E-state index >= 15 is 0 Å². The van der Waals surface area contributed by atoms with Gasteiger partial charge in [-0.3, -0.25) is 9.52 Å². The Balaban J connectivity index is 3.10. The third-order valence-corrected chi connectivity index (χ3v) is 1.54. The molecule has 0 unspecified atom stereocenters. The molecule has 2 nitrogen and oxygen atoms in total. The third kappa shape index (κ3) is 5.25. The lowest BCUT2D eigenvalue weighted by molar-refractivity contribution is -0.113. The van der Waals surface area contributed by atoms with Gasteiger partial charge in [0.25, 0.3) is 0 Å². The molecule has 0 fully saturated rings. The highest BCUT2D eigenvalue weighted by Gasteiger charge is 1.90. The molecule has 0 bridgehead atoms. The first-order valence-electron chi connectivity index (χ1n) is 2.69. The van der Waals surface area contributed by atoms with Crippen LogP contribution in [0.5, 0.6) is 0 Å². The number of rotatable bonds is 3. The quantitative estimate of drug-likeness (QED) is 0.359. The number of carbonyl (C=O) groups is 1. The van der Waals surface area contributed by atoms with Gasteiger partial charge < -0.3 is 0 Å². The van der Waals surface area contributed by atoms with E-state index in [-0.39, 0.29) is 5.91 Å². The maximum atomic E-state index is 10.3. The highest BCUT2D eigenvalue weighted by molar-refractivity contribution is 7.97. The normalized spacial score (nSPS) is 8.00. The lowest BCUT2D eigenvalue weighted by Gasteiger charge is -1.94. The number of amides is 1. The Morgan fingerprint density at radius 3 is 3.00 bits per heavy atom. The fraction of sp³-hybridized carbons (Fsp3) is 0.500. The largest absolute Gasteiger partial charge is 0.305 e. The van der Waals surface area contributed by atoms with Crippen molar-refractivity contribution in [3.63, 3.8) is 0 Å². The SMILES string of the molecule is C#CC(=O)NSCCC. The molecule has 0 aromatic heterocycles. The molecular weight excluding hydrogens is 134 g/mol. The number of carbonyl (C=O) groups excluding carboxylic acids is 1. The van der Waals surface area contributed by atoms with E-state index in [1.54, 1.807) is 0 Å². The van der Waals surface area contributed by atoms with Crippen LogP contribution in [-0.2, 0) is 4.79 Å². The van der Waals surface area contributed by atoms with Gasteiger partial charge in [-0.1, -0.05) is 6.92 Å². The molecule has 0 atom stereocenters. The molecule has 3 heteroatoms. The van der Waals surface area contributed by atoms with Gasteiger partial charge in [0.2, 0.25) is 0 Å². The van der Waals surface area contributed by atoms with Crippen LogP contribution >= 0.6 is 11.9 Å². The number of terminal acetylenes is 1. The predicted molar refractivity (Wildman–Crippen MR) is 39.7 cm³/mol. The summed E-state index contributed by atoms with van der Waals surface area (Å²) >= 11 is 1.34. The summed E-state index contributed by atoms with van der Waals surface area (Å²) < 4.78 is 2.47. The standard InChI is InChI=1S/C6H9NOS/c1-3-5-9-7-6(8)4-2/h2H,3,5H2,1H3,(H,7,8). The van der Waals surface area contributed by atoms with Gasteiger partial charge in [-0.05, 0) is 24.3 Å². The van der Waals surface area contributed by atoms with Crippen LogP contribution < -0.4 is 4.72 Å². The lowest BCUT2D eigenvalue weighted by Crippen LogP contribution is -2.12. The van der Waals surface area contributed by atoms with Crippen LogP contribution in [0.4, 0.5) is 0 Å². The van der Waals surface area contributed by atoms with Gasteiger partial charge in [0.15, 0.2) is 0 Å². The van der Waals surface area contributed by atoms with Crippen molar-refractivity contribution in [1.82, 2.24) is 4.72 Å². The number of nitrogens with one attached hydrogen (secondary N) is 1. The van der Waals surface area contributed by atoms with E-state index < -0.39 is 0 Å². The van der Waals surface area contributed by atoms with Gasteiger partial charge in [0, 0.05) is 5.75 Å². The van der Waals surface area contributed by atoms with E-state index in [1.807, 2.05) is 12.8 Å². The van der Waals surface area contributed by atoms with Crippen LogP contribution in [-0.4, -0.2) is 11.7 Å². The Bertz CT molecular complexity index is 128. The maximum absolute atomic E-state index is 10.3. The monoisotopic (exact) mass is 143 g/mol. The molecule has 0 aromatic rings. The molecular formula is C6H9NOS. The van der Waals surface area contributed by atoms with Crippen LogP contribution in [0, 0.1) is 12.3 Å². The molecule has 1 N–H and O–H groups in total. The topological polar surface area (TPSA) is 29.1 Å². The molecule has 1 amide bonds. The van der Waals surface area contributed by atoms with E-state index in [0.717, 1.165) is 12.2 Å². The Morgan fingerprint density at radius 2 is 2.56 bits per heavy atom. The summed E-state index contributed by atoms with van der Waals surface area (Å²) in [5.41, 5.74) is 0. The predicted octanol–water partition coefficient (Wildman–Crippen LogP) is 0.794. The molecule has 0 aromatic carbocycles. The summed E-state index contributed by atoms with van der Waals surface area (Å²) in [5.74, 6) is 2.51. The first kappa shape index (κ1) is 8.38. The Kier molecular flexibility index (Phi) is 5.14. The fourth-order valence-electron chi connectivity index (χ4n) is 0.248. The van der Waals surface area contributed by atoms with Crippen LogP contribution in [0.1, 0.15) is 13.3 Å². The zero-order valence-corrected chi connectivity index (χ0v) is 6.12. The summed E-state index contributed by atoms with van der Waals surface area (Å²) in [6.07, 6.45) is 5.82. The van der Waals surface area contributed by atoms with Crippen LogP contribution in [0.3, 0.4) is 0 Å². The number of hydrogen-bond acceptors (Lipinski definition) is 2. The zero-order chi connectivity index (χ0) is 7.11. The van der Waals surface area contributed by atoms with Gasteiger partial charge in [-0.25, -0.2) is 0 Å². The van der Waals surface area contributed by atoms with Crippen LogP contribution in [0.2, 0.25) is 0 Å². The minimum Gasteiger partial charge on any atom is -0.289 e. The summed E-state index contributed by atoms with van der Waals surface area (Å²) in [6, 6.07) is 0. The zero-order valence-electron chi connectivity index (χ0n) is 5.31. The van der Waals surface area contributed by atoms with Gasteiger partial charge in [0.05, 0.1) is 0 Å². The van der Waals surface area contributed by atoms with Crippen molar-refractivity contribution in [3.8, 4) is 12.3 Å². The van der Waals surface area contributed by atoms with Crippen LogP contribution in [0.25, 0.3) is 0 Å². The van der Waals surface area contributed by atoms with Crippen molar-refractivity contribution in [2.24, 2.45) is 0 Å². The molecule has 0 aliphatic rings. The first-order chi connectivity index (χ1) is 4.31. The Hall–Kier alpha value is -0.620. The summed E-state index contributed by atoms with van der Waals surface area (Å²) in [4.78, 5) is 10.3. The van der Waals surface area contributed by atoms with Crippen molar-refractivity contribution in [2.75, 3.05) is 5.75 Å². The minimum absolute atomic E-state index is 0.353. The van der Waals surface area contributed by atoms with Crippen molar-refractivity contribution >= 4 is 17.9 Å². The molecule has 0 saturated heterocycles. The smallest absolute Gasteiger partial charge is 0.289 e. The fourth-order valence-corrected chi connectivity index (χ4v) is 0.744. The van der Waals surface area contributed by atoms with Crippen molar-refractivity contribution in [3.05, 3.63) is 0 Å². The molecule has 0 aliphatic heterocycles. The average molecular weight is 143 g/mol. The summed E-state index contributed by atoms with van der Waals surface area (Å²) in [6.45, 7) is 2.04. The van der Waals surface area contributed by atoms with Gasteiger partial charge >= 0.3 is 5.91 Å². The minimum atomic E-state index is -0.353. The Morgan fingerprint density at radius 1 is 1.89 bits per heavy atom. The van der Waals surface area contributed by atoms with E-state index in [2.05, 4.69) is 4.72 Å². The first-order valence-corrected chi connectivity index (χ1v) is 3.68. The second-order valence-electron chi connectivity index (χ2n) is 1.42. The second kappa shape index (κ2) is 5.52. The van der Waals surface area contributed by atoms with Crippen molar-refractivity contribution in [1.29, 1.82) is 0 Å². The lowest BCUT2D eigenvalue weighted by atomic mass is 10.6. The van der Waals surface area contributed by atoms with Crippen LogP contribution in [0.15, 0.2) is 0 Å². The highest BCUT2D eigenvalue weighted by atomic mass is 32.2. The maximum Gasteiger partial charge on any atom is 0.305 e. The van der Waals surface area contributed by atoms with Gasteiger partial charge in [-0.2, -0.15) is 0 Å². The Labute approximate surface area is 59.5 Å². The molecule has 0 heterocycles. The second-order valence-corrected chi connectivity index (χ2v) is 2.33. The third-order valence-electron chi connectivity index (χ3n) is 0.602. The molecule has 0 aliphatic carbocycles. The molecule has 0 rings (SSSR count). The van der Waals surface area contributed by atoms with Crippen molar-refractivity contribution in [2.45, 2.75) is 13.3 Å². The van der Waals surface area contributed by atoms with Gasteiger partial charge in [-0.15, -0.1) is 6.42 Å². The van der Waals surface area contributed by atoms with Gasteiger partial charge in [0.1, 0.15) is 0 Å². The van der Waals surface area contributed by atoms with E-state index in [9.17, 15) is 4.79 Å². The molecule has 0 radical (unpaired) electrons. The average Bonchev–Trinajstić information content (AvgIpc) is 1.89. The van der Waals surface area contributed by atoms with E-state index in [4.69, 9.17) is 6.42 Å². The van der Waals surface area contributed by atoms with Crippen molar-refractivity contribution < 1.29 is 4.79 Å². The van der Waals surface area contributed by atoms with E-state index in [1.165, 1.54) is 11.9 Å². The molecule has 50 valence electrons. The molecule has 0 saturated carbocycles. The summed E-state index contributed by atoms with van der Waals surface area (Å²) in [5, 5.41) is 0. The highest BCUT2D eigenvalue weighted by Crippen LogP contribution is 1.93. The molecule has 0 spiro atoms.